The minimum absolute atomic E-state index is 0.169. The number of fused-ring (bicyclic) bond motifs is 2. The Labute approximate surface area is 181 Å². The molecular formula is C25H25N5O. The highest BCUT2D eigenvalue weighted by Crippen LogP contribution is 2.47. The Morgan fingerprint density at radius 3 is 2.35 bits per heavy atom. The maximum Gasteiger partial charge on any atom is 0.230 e. The Balaban J connectivity index is 1.77. The fourth-order valence-corrected chi connectivity index (χ4v) is 4.29. The summed E-state index contributed by atoms with van der Waals surface area (Å²) in [4.78, 5) is 4.63. The number of nitrogens with one attached hydrogen (secondary N) is 1. The summed E-state index contributed by atoms with van der Waals surface area (Å²) in [6.07, 6.45) is 1.71. The lowest BCUT2D eigenvalue weighted by molar-refractivity contribution is 0.390. The van der Waals surface area contributed by atoms with Gasteiger partial charge in [-0.1, -0.05) is 62.4 Å². The van der Waals surface area contributed by atoms with Gasteiger partial charge in [0.1, 0.15) is 11.8 Å². The number of ether oxygens (including phenoxy) is 1. The summed E-state index contributed by atoms with van der Waals surface area (Å²) in [5.41, 5.74) is 5.13. The Bertz CT molecular complexity index is 1290. The van der Waals surface area contributed by atoms with Crippen LogP contribution in [0, 0.1) is 18.3 Å². The molecule has 0 aliphatic carbocycles. The Morgan fingerprint density at radius 2 is 1.68 bits per heavy atom. The maximum absolute atomic E-state index is 9.00. The van der Waals surface area contributed by atoms with Gasteiger partial charge in [-0.15, -0.1) is 0 Å². The molecule has 0 saturated heterocycles. The van der Waals surface area contributed by atoms with Gasteiger partial charge in [-0.2, -0.15) is 5.10 Å². The van der Waals surface area contributed by atoms with Gasteiger partial charge in [0.05, 0.1) is 28.4 Å². The quantitative estimate of drug-likeness (QED) is 0.462. The molecule has 1 unspecified atom stereocenters. The predicted molar refractivity (Wildman–Crippen MR) is 119 cm³/mol. The van der Waals surface area contributed by atoms with Crippen LogP contribution in [-0.2, 0) is 6.54 Å². The fraction of sp³-hybridized carbons (Fsp3) is 0.240. The zero-order valence-electron chi connectivity index (χ0n) is 17.9. The molecule has 6 nitrogen and oxygen atoms in total. The van der Waals surface area contributed by atoms with Crippen molar-refractivity contribution in [1.29, 1.82) is 5.41 Å². The summed E-state index contributed by atoms with van der Waals surface area (Å²) >= 11 is 0. The minimum atomic E-state index is -0.169. The second kappa shape index (κ2) is 7.54. The van der Waals surface area contributed by atoms with Crippen LogP contribution in [0.2, 0.25) is 0 Å². The van der Waals surface area contributed by atoms with Crippen LogP contribution in [0.3, 0.4) is 0 Å². The van der Waals surface area contributed by atoms with Crippen LogP contribution in [0.1, 0.15) is 42.1 Å². The van der Waals surface area contributed by atoms with Crippen LogP contribution in [-0.4, -0.2) is 19.3 Å². The number of hydrogen-bond donors (Lipinski definition) is 1. The van der Waals surface area contributed by atoms with Gasteiger partial charge in [-0.25, -0.2) is 9.67 Å². The number of nitrogens with zero attached hydrogens (tertiary/aromatic N) is 4. The third kappa shape index (κ3) is 3.24. The van der Waals surface area contributed by atoms with Gasteiger partial charge in [0.15, 0.2) is 0 Å². The molecule has 156 valence electrons. The van der Waals surface area contributed by atoms with Crippen LogP contribution < -0.4 is 10.2 Å². The molecule has 5 rings (SSSR count). The monoisotopic (exact) mass is 411 g/mol. The molecule has 1 aliphatic rings. The van der Waals surface area contributed by atoms with Crippen molar-refractivity contribution >= 4 is 0 Å². The SMILES string of the molecule is Cc1nn(-c2ccccc2)c2c1C(c1ccccc1)c1c(ncn(CC(C)C)c1=N)O2. The molecule has 0 fully saturated rings. The molecule has 6 heteroatoms. The number of hydrogen-bond acceptors (Lipinski definition) is 4. The highest BCUT2D eigenvalue weighted by Gasteiger charge is 2.37. The highest BCUT2D eigenvalue weighted by molar-refractivity contribution is 5.57. The van der Waals surface area contributed by atoms with Crippen molar-refractivity contribution < 1.29 is 4.74 Å². The van der Waals surface area contributed by atoms with Crippen LogP contribution in [0.25, 0.3) is 5.69 Å². The number of aromatic nitrogens is 4. The molecule has 2 aromatic heterocycles. The molecule has 0 bridgehead atoms. The average Bonchev–Trinajstić information content (AvgIpc) is 3.11. The van der Waals surface area contributed by atoms with Crippen molar-refractivity contribution in [3.8, 4) is 17.4 Å². The van der Waals surface area contributed by atoms with Gasteiger partial charge in [-0.05, 0) is 30.5 Å². The lowest BCUT2D eigenvalue weighted by Gasteiger charge is -2.27. The average molecular weight is 412 g/mol. The third-order valence-corrected chi connectivity index (χ3v) is 5.62. The van der Waals surface area contributed by atoms with E-state index in [0.29, 0.717) is 23.2 Å². The molecular weight excluding hydrogens is 386 g/mol. The Morgan fingerprint density at radius 1 is 1.00 bits per heavy atom. The fourth-order valence-electron chi connectivity index (χ4n) is 4.29. The number of para-hydroxylation sites is 1. The van der Waals surface area contributed by atoms with E-state index in [1.54, 1.807) is 6.33 Å². The van der Waals surface area contributed by atoms with Gasteiger partial charge in [0.2, 0.25) is 11.8 Å². The summed E-state index contributed by atoms with van der Waals surface area (Å²) < 4.78 is 10.1. The first kappa shape index (κ1) is 19.3. The molecule has 0 amide bonds. The van der Waals surface area contributed by atoms with Crippen molar-refractivity contribution in [2.75, 3.05) is 0 Å². The molecule has 4 aromatic rings. The summed E-state index contributed by atoms with van der Waals surface area (Å²) in [5, 5.41) is 13.8. The standard InChI is InChI=1S/C25H25N5O/c1-16(2)14-29-15-27-24-22(23(29)26)21(18-10-6-4-7-11-18)20-17(3)28-30(25(20)31-24)19-12-8-5-9-13-19/h4-13,15-16,21,26H,14H2,1-3H3. The van der Waals surface area contributed by atoms with E-state index in [1.807, 2.05) is 64.7 Å². The van der Waals surface area contributed by atoms with E-state index in [2.05, 4.69) is 31.0 Å². The zero-order chi connectivity index (χ0) is 21.5. The summed E-state index contributed by atoms with van der Waals surface area (Å²) in [5.74, 6) is 1.38. The highest BCUT2D eigenvalue weighted by atomic mass is 16.5. The first-order valence-electron chi connectivity index (χ1n) is 10.6. The van der Waals surface area contributed by atoms with E-state index in [9.17, 15) is 0 Å². The smallest absolute Gasteiger partial charge is 0.230 e. The summed E-state index contributed by atoms with van der Waals surface area (Å²) in [7, 11) is 0. The molecule has 0 saturated carbocycles. The normalized spacial score (nSPS) is 14.8. The predicted octanol–water partition coefficient (Wildman–Crippen LogP) is 4.80. The van der Waals surface area contributed by atoms with Crippen molar-refractivity contribution in [3.63, 3.8) is 0 Å². The number of benzene rings is 2. The molecule has 2 aromatic carbocycles. The zero-order valence-corrected chi connectivity index (χ0v) is 17.9. The van der Waals surface area contributed by atoms with E-state index < -0.39 is 0 Å². The van der Waals surface area contributed by atoms with Crippen LogP contribution >= 0.6 is 0 Å². The molecule has 1 aliphatic heterocycles. The second-order valence-corrected chi connectivity index (χ2v) is 8.36. The maximum atomic E-state index is 9.00. The first-order valence-corrected chi connectivity index (χ1v) is 10.6. The lowest BCUT2D eigenvalue weighted by Crippen LogP contribution is -2.31. The topological polar surface area (TPSA) is 68.7 Å². The van der Waals surface area contributed by atoms with E-state index in [0.717, 1.165) is 34.6 Å². The second-order valence-electron chi connectivity index (χ2n) is 8.36. The van der Waals surface area contributed by atoms with E-state index in [1.165, 1.54) is 0 Å². The van der Waals surface area contributed by atoms with E-state index in [-0.39, 0.29) is 5.92 Å². The van der Waals surface area contributed by atoms with Crippen LogP contribution in [0.5, 0.6) is 11.8 Å². The van der Waals surface area contributed by atoms with Gasteiger partial charge < -0.3 is 9.30 Å². The van der Waals surface area contributed by atoms with Gasteiger partial charge in [0, 0.05) is 6.54 Å². The van der Waals surface area contributed by atoms with Crippen molar-refractivity contribution in [2.45, 2.75) is 33.2 Å². The van der Waals surface area contributed by atoms with Crippen molar-refractivity contribution in [2.24, 2.45) is 5.92 Å². The number of aryl methyl sites for hydroxylation is 1. The van der Waals surface area contributed by atoms with Crippen molar-refractivity contribution in [3.05, 3.63) is 94.9 Å². The summed E-state index contributed by atoms with van der Waals surface area (Å²) in [6, 6.07) is 20.2. The van der Waals surface area contributed by atoms with E-state index in [4.69, 9.17) is 15.2 Å². The van der Waals surface area contributed by atoms with Crippen LogP contribution in [0.15, 0.2) is 67.0 Å². The molecule has 3 heterocycles. The third-order valence-electron chi connectivity index (χ3n) is 5.62. The van der Waals surface area contributed by atoms with Crippen molar-refractivity contribution in [1.82, 2.24) is 19.3 Å². The Hall–Kier alpha value is -3.67. The summed E-state index contributed by atoms with van der Waals surface area (Å²) in [6.45, 7) is 7.02. The minimum Gasteiger partial charge on any atom is -0.420 e. The first-order chi connectivity index (χ1) is 15.0. The molecule has 31 heavy (non-hydrogen) atoms. The van der Waals surface area contributed by atoms with Gasteiger partial charge in [0.25, 0.3) is 0 Å². The van der Waals surface area contributed by atoms with Crippen LogP contribution in [0.4, 0.5) is 0 Å². The molecule has 1 atom stereocenters. The Kier molecular flexibility index (Phi) is 4.70. The lowest BCUT2D eigenvalue weighted by atomic mass is 9.84. The largest absolute Gasteiger partial charge is 0.420 e. The molecule has 1 N–H and O–H groups in total. The van der Waals surface area contributed by atoms with Gasteiger partial charge in [-0.3, -0.25) is 5.41 Å². The van der Waals surface area contributed by atoms with Gasteiger partial charge >= 0.3 is 0 Å². The number of rotatable bonds is 4. The molecule has 0 spiro atoms. The molecule has 0 radical (unpaired) electrons. The van der Waals surface area contributed by atoms with E-state index >= 15 is 0 Å².